The fraction of sp³-hybridized carbons (Fsp3) is 1.00. The summed E-state index contributed by atoms with van der Waals surface area (Å²) in [4.78, 5) is 0. The van der Waals surface area contributed by atoms with E-state index in [9.17, 15) is 0 Å². The molecule has 0 unspecified atom stereocenters. The molecule has 0 atom stereocenters. The molecule has 1 aliphatic carbocycles. The van der Waals surface area contributed by atoms with Gasteiger partial charge in [0.1, 0.15) is 0 Å². The molecular weight excluding hydrogens is 357 g/mol. The topological polar surface area (TPSA) is 0 Å². The van der Waals surface area contributed by atoms with Gasteiger partial charge in [-0.05, 0) is 64.2 Å². The van der Waals surface area contributed by atoms with Crippen LogP contribution in [-0.2, 0) is 0 Å². The van der Waals surface area contributed by atoms with Crippen LogP contribution in [0, 0.1) is 0 Å². The Bertz CT molecular complexity index is 265. The highest BCUT2D eigenvalue weighted by molar-refractivity contribution is 7.76. The molecule has 0 N–H and O–H groups in total. The van der Waals surface area contributed by atoms with Crippen LogP contribution in [0.5, 0.6) is 0 Å². The van der Waals surface area contributed by atoms with Crippen LogP contribution in [-0.4, -0.2) is 24.1 Å². The van der Waals surface area contributed by atoms with E-state index >= 15 is 0 Å². The lowest BCUT2D eigenvalue weighted by molar-refractivity contribution is -0.00100. The van der Waals surface area contributed by atoms with Crippen LogP contribution in [0.2, 0.25) is 0 Å². The van der Waals surface area contributed by atoms with E-state index in [1.54, 1.807) is 63.4 Å². The minimum Gasteiger partial charge on any atom is -1.00 e. The van der Waals surface area contributed by atoms with Crippen molar-refractivity contribution in [1.82, 2.24) is 0 Å². The molecule has 0 aromatic carbocycles. The number of halogens is 2. The highest BCUT2D eigenvalue weighted by Gasteiger charge is 2.44. The van der Waals surface area contributed by atoms with Gasteiger partial charge in [0.15, 0.2) is 0 Å². The molecule has 27 heavy (non-hydrogen) atoms. The predicted octanol–water partition coefficient (Wildman–Crippen LogP) is 3.20. The Morgan fingerprint density at radius 2 is 0.926 bits per heavy atom. The molecule has 0 saturated heterocycles. The van der Waals surface area contributed by atoms with Crippen LogP contribution < -0.4 is 9.41 Å². The van der Waals surface area contributed by atoms with Crippen molar-refractivity contribution in [2.75, 3.05) is 18.5 Å². The maximum absolute atomic E-state index is 2.36. The predicted molar refractivity (Wildman–Crippen MR) is 122 cm³/mol. The van der Waals surface area contributed by atoms with Crippen LogP contribution in [0.25, 0.3) is 0 Å². The van der Waals surface area contributed by atoms with Gasteiger partial charge in [0.25, 0.3) is 0 Å². The zero-order valence-electron chi connectivity index (χ0n) is 19.9. The highest BCUT2D eigenvalue weighted by atomic mass is 31.2. The van der Waals surface area contributed by atoms with Crippen LogP contribution in [0.3, 0.4) is 0 Å². The minimum atomic E-state index is -0.692. The normalized spacial score (nSPS) is 15.2. The fourth-order valence-electron chi connectivity index (χ4n) is 5.07. The SMILES string of the molecule is CCCCCC[P+](CCCCCC)(CCCCCC)C1CCCCC1.[F-].[F-].[H+]. The van der Waals surface area contributed by atoms with Crippen molar-refractivity contribution in [1.29, 1.82) is 0 Å². The summed E-state index contributed by atoms with van der Waals surface area (Å²) in [6.07, 6.45) is 30.6. The molecule has 1 rings (SSSR count). The van der Waals surface area contributed by atoms with E-state index in [1.807, 2.05) is 0 Å². The van der Waals surface area contributed by atoms with E-state index in [4.69, 9.17) is 0 Å². The Morgan fingerprint density at radius 1 is 0.556 bits per heavy atom. The minimum absolute atomic E-state index is 0. The van der Waals surface area contributed by atoms with Gasteiger partial charge in [-0.25, -0.2) is 0 Å². The molecule has 0 amide bonds. The quantitative estimate of drug-likeness (QED) is 0.272. The molecule has 3 heteroatoms. The maximum Gasteiger partial charge on any atom is 1.00 e. The van der Waals surface area contributed by atoms with Crippen LogP contribution in [0.4, 0.5) is 0 Å². The Kier molecular flexibility index (Phi) is 21.4. The van der Waals surface area contributed by atoms with Crippen LogP contribution in [0.1, 0.15) is 131 Å². The Balaban J connectivity index is -0.00000208. The molecule has 0 aromatic heterocycles. The molecule has 1 saturated carbocycles. The lowest BCUT2D eigenvalue weighted by atomic mass is 10.0. The van der Waals surface area contributed by atoms with Gasteiger partial charge in [0.05, 0.1) is 24.1 Å². The summed E-state index contributed by atoms with van der Waals surface area (Å²) < 4.78 is 0. The van der Waals surface area contributed by atoms with E-state index in [0.717, 1.165) is 0 Å². The van der Waals surface area contributed by atoms with E-state index in [0.29, 0.717) is 0 Å². The number of unbranched alkanes of at least 4 members (excludes halogenated alkanes) is 9. The second-order valence-corrected chi connectivity index (χ2v) is 13.4. The summed E-state index contributed by atoms with van der Waals surface area (Å²) in [5.41, 5.74) is 1.17. The molecule has 1 aliphatic rings. The summed E-state index contributed by atoms with van der Waals surface area (Å²) in [7, 11) is -0.692. The van der Waals surface area contributed by atoms with Crippen molar-refractivity contribution in [2.24, 2.45) is 0 Å². The van der Waals surface area contributed by atoms with Gasteiger partial charge in [0.2, 0.25) is 0 Å². The van der Waals surface area contributed by atoms with Gasteiger partial charge in [-0.15, -0.1) is 0 Å². The Hall–Kier alpha value is 0.290. The monoisotopic (exact) mass is 408 g/mol. The third-order valence-corrected chi connectivity index (χ3v) is 12.4. The average molecular weight is 409 g/mol. The Morgan fingerprint density at radius 3 is 1.26 bits per heavy atom. The summed E-state index contributed by atoms with van der Waals surface area (Å²) >= 11 is 0. The highest BCUT2D eigenvalue weighted by Crippen LogP contribution is 2.67. The molecular formula is C24H51F2P. The van der Waals surface area contributed by atoms with Crippen LogP contribution >= 0.6 is 7.26 Å². The standard InChI is InChI=1S/C24H50P.2FH/c1-4-7-10-16-21-25(22-17-11-8-5-2,23-18-12-9-6-3)24-19-14-13-15-20-24;;/h24H,4-23H2,1-3H3;2*1H/q+1;;/p-1. The summed E-state index contributed by atoms with van der Waals surface area (Å²) in [5, 5.41) is 0. The summed E-state index contributed by atoms with van der Waals surface area (Å²) in [5.74, 6) is 0. The van der Waals surface area contributed by atoms with Crippen molar-refractivity contribution in [3.63, 3.8) is 0 Å². The Labute approximate surface area is 172 Å². The third kappa shape index (κ3) is 12.5. The van der Waals surface area contributed by atoms with E-state index < -0.39 is 7.26 Å². The fourth-order valence-corrected chi connectivity index (χ4v) is 10.9. The first-order chi connectivity index (χ1) is 12.3. The molecule has 0 radical (unpaired) electrons. The maximum atomic E-state index is 2.36. The van der Waals surface area contributed by atoms with Crippen molar-refractivity contribution in [3.8, 4) is 0 Å². The first-order valence-corrected chi connectivity index (χ1v) is 14.6. The largest absolute Gasteiger partial charge is 1.00 e. The van der Waals surface area contributed by atoms with E-state index in [1.165, 1.54) is 69.9 Å². The number of rotatable bonds is 16. The number of hydrogen-bond acceptors (Lipinski definition) is 0. The average Bonchev–Trinajstić information content (AvgIpc) is 2.66. The first-order valence-electron chi connectivity index (χ1n) is 12.1. The second-order valence-electron chi connectivity index (χ2n) is 8.86. The molecule has 0 bridgehead atoms. The van der Waals surface area contributed by atoms with Gasteiger partial charge < -0.3 is 9.41 Å². The van der Waals surface area contributed by atoms with E-state index in [-0.39, 0.29) is 10.8 Å². The van der Waals surface area contributed by atoms with Gasteiger partial charge in [-0.1, -0.05) is 65.7 Å². The lowest BCUT2D eigenvalue weighted by Gasteiger charge is -2.38. The van der Waals surface area contributed by atoms with Crippen molar-refractivity contribution >= 4 is 7.26 Å². The zero-order valence-corrected chi connectivity index (χ0v) is 19.8. The van der Waals surface area contributed by atoms with Gasteiger partial charge in [-0.2, -0.15) is 0 Å². The third-order valence-electron chi connectivity index (χ3n) is 6.72. The van der Waals surface area contributed by atoms with Crippen molar-refractivity contribution in [2.45, 2.75) is 136 Å². The molecule has 0 aromatic rings. The molecule has 166 valence electrons. The molecule has 0 nitrogen and oxygen atoms in total. The first kappa shape index (κ1) is 29.5. The lowest BCUT2D eigenvalue weighted by Crippen LogP contribution is -3.00. The van der Waals surface area contributed by atoms with Gasteiger partial charge >= 0.3 is 1.43 Å². The van der Waals surface area contributed by atoms with Crippen LogP contribution in [0.15, 0.2) is 0 Å². The molecule has 1 fully saturated rings. The van der Waals surface area contributed by atoms with Gasteiger partial charge in [-0.3, -0.25) is 0 Å². The summed E-state index contributed by atoms with van der Waals surface area (Å²) in [6.45, 7) is 7.08. The van der Waals surface area contributed by atoms with Crippen molar-refractivity contribution in [3.05, 3.63) is 0 Å². The van der Waals surface area contributed by atoms with Crippen molar-refractivity contribution < 1.29 is 10.8 Å². The van der Waals surface area contributed by atoms with Gasteiger partial charge in [0, 0.05) is 7.26 Å². The smallest absolute Gasteiger partial charge is 1.00 e. The number of hydrogen-bond donors (Lipinski definition) is 0. The second kappa shape index (κ2) is 19.6. The van der Waals surface area contributed by atoms with E-state index in [2.05, 4.69) is 20.8 Å². The molecule has 0 aliphatic heterocycles. The molecule has 0 heterocycles. The molecule has 0 spiro atoms. The summed E-state index contributed by atoms with van der Waals surface area (Å²) in [6, 6.07) is 0. The zero-order chi connectivity index (χ0) is 18.2.